The Bertz CT molecular complexity index is 699. The lowest BCUT2D eigenvalue weighted by Gasteiger charge is -2.22. The van der Waals surface area contributed by atoms with Crippen LogP contribution >= 0.6 is 11.8 Å². The highest BCUT2D eigenvalue weighted by atomic mass is 32.2. The van der Waals surface area contributed by atoms with Gasteiger partial charge in [0.2, 0.25) is 5.91 Å². The maximum atomic E-state index is 12.4. The van der Waals surface area contributed by atoms with Crippen molar-refractivity contribution in [2.75, 3.05) is 20.2 Å². The smallest absolute Gasteiger partial charge is 0.235 e. The highest BCUT2D eigenvalue weighted by Gasteiger charge is 2.20. The van der Waals surface area contributed by atoms with Crippen LogP contribution < -0.4 is 4.74 Å². The fourth-order valence-corrected chi connectivity index (χ4v) is 3.61. The van der Waals surface area contributed by atoms with E-state index in [0.717, 1.165) is 40.3 Å². The summed E-state index contributed by atoms with van der Waals surface area (Å²) in [6.07, 6.45) is 0. The third-order valence-electron chi connectivity index (χ3n) is 3.93. The summed E-state index contributed by atoms with van der Waals surface area (Å²) in [5.74, 6) is 0.912. The van der Waals surface area contributed by atoms with Crippen molar-refractivity contribution in [3.8, 4) is 5.75 Å². The molecule has 1 amide bonds. The van der Waals surface area contributed by atoms with Crippen molar-refractivity contribution in [2.24, 2.45) is 0 Å². The van der Waals surface area contributed by atoms with Gasteiger partial charge in [-0.15, -0.1) is 0 Å². The van der Waals surface area contributed by atoms with Crippen molar-refractivity contribution in [3.63, 3.8) is 0 Å². The van der Waals surface area contributed by atoms with Gasteiger partial charge in [0.15, 0.2) is 0 Å². The standard InChI is InChI=1S/C18H24N2O2S/c1-6-20(7-2)18(21)13(4)23-16-11-12(3)14-9-8-10-15(22-5)17(14)19-16/h8-11,13H,6-7H2,1-5H3/t13-/m1/s1. The van der Waals surface area contributed by atoms with E-state index in [0.29, 0.717) is 0 Å². The molecule has 0 N–H and O–H groups in total. The number of carbonyl (C=O) groups is 1. The summed E-state index contributed by atoms with van der Waals surface area (Å²) < 4.78 is 5.42. The number of fused-ring (bicyclic) bond motifs is 1. The van der Waals surface area contributed by atoms with Crippen LogP contribution in [0.3, 0.4) is 0 Å². The lowest BCUT2D eigenvalue weighted by atomic mass is 10.1. The predicted molar refractivity (Wildman–Crippen MR) is 96.3 cm³/mol. The molecule has 4 nitrogen and oxygen atoms in total. The summed E-state index contributed by atoms with van der Waals surface area (Å²) in [5, 5.41) is 1.78. The first kappa shape index (κ1) is 17.6. The number of hydrogen-bond acceptors (Lipinski definition) is 4. The zero-order valence-corrected chi connectivity index (χ0v) is 15.2. The normalized spacial score (nSPS) is 12.2. The van der Waals surface area contributed by atoms with E-state index in [2.05, 4.69) is 6.92 Å². The first-order valence-corrected chi connectivity index (χ1v) is 8.79. The van der Waals surface area contributed by atoms with E-state index in [1.165, 1.54) is 11.8 Å². The molecule has 1 atom stereocenters. The first-order chi connectivity index (χ1) is 11.0. The van der Waals surface area contributed by atoms with E-state index < -0.39 is 0 Å². The molecule has 0 aliphatic heterocycles. The quantitative estimate of drug-likeness (QED) is 0.752. The minimum atomic E-state index is -0.158. The third kappa shape index (κ3) is 3.78. The molecule has 23 heavy (non-hydrogen) atoms. The van der Waals surface area contributed by atoms with Gasteiger partial charge in [-0.05, 0) is 45.4 Å². The van der Waals surface area contributed by atoms with E-state index in [4.69, 9.17) is 9.72 Å². The number of benzene rings is 1. The molecule has 2 aromatic rings. The van der Waals surface area contributed by atoms with Gasteiger partial charge < -0.3 is 9.64 Å². The van der Waals surface area contributed by atoms with Gasteiger partial charge in [-0.2, -0.15) is 0 Å². The molecule has 124 valence electrons. The number of pyridine rings is 1. The average molecular weight is 332 g/mol. The molecule has 0 unspecified atom stereocenters. The molecule has 0 fully saturated rings. The molecule has 0 aliphatic carbocycles. The maximum absolute atomic E-state index is 12.4. The van der Waals surface area contributed by atoms with Crippen LogP contribution in [0, 0.1) is 6.92 Å². The minimum Gasteiger partial charge on any atom is -0.494 e. The van der Waals surface area contributed by atoms with Crippen LogP contribution in [0.4, 0.5) is 0 Å². The largest absolute Gasteiger partial charge is 0.494 e. The van der Waals surface area contributed by atoms with Crippen LogP contribution in [0.25, 0.3) is 10.9 Å². The number of nitrogens with zero attached hydrogens (tertiary/aromatic N) is 2. The molecular weight excluding hydrogens is 308 g/mol. The summed E-state index contributed by atoms with van der Waals surface area (Å²) in [5.41, 5.74) is 1.99. The molecule has 0 saturated heterocycles. The Balaban J connectivity index is 2.32. The topological polar surface area (TPSA) is 42.4 Å². The van der Waals surface area contributed by atoms with E-state index in [-0.39, 0.29) is 11.2 Å². The summed E-state index contributed by atoms with van der Waals surface area (Å²) in [6, 6.07) is 7.96. The summed E-state index contributed by atoms with van der Waals surface area (Å²) >= 11 is 1.50. The Kier molecular flexibility index (Phi) is 5.88. The lowest BCUT2D eigenvalue weighted by molar-refractivity contribution is -0.129. The summed E-state index contributed by atoms with van der Waals surface area (Å²) in [6.45, 7) is 9.47. The number of amides is 1. The van der Waals surface area contributed by atoms with E-state index in [9.17, 15) is 4.79 Å². The van der Waals surface area contributed by atoms with Gasteiger partial charge in [0.25, 0.3) is 0 Å². The van der Waals surface area contributed by atoms with Crippen molar-refractivity contribution in [2.45, 2.75) is 38.0 Å². The Morgan fingerprint density at radius 2 is 2.04 bits per heavy atom. The second-order valence-electron chi connectivity index (χ2n) is 5.40. The van der Waals surface area contributed by atoms with Crippen LogP contribution in [0.5, 0.6) is 5.75 Å². The van der Waals surface area contributed by atoms with Gasteiger partial charge in [0, 0.05) is 18.5 Å². The zero-order chi connectivity index (χ0) is 17.0. The highest BCUT2D eigenvalue weighted by Crippen LogP contribution is 2.31. The van der Waals surface area contributed by atoms with Crippen LogP contribution in [0.1, 0.15) is 26.3 Å². The van der Waals surface area contributed by atoms with Crippen molar-refractivity contribution in [1.82, 2.24) is 9.88 Å². The average Bonchev–Trinajstić information content (AvgIpc) is 2.55. The molecule has 1 heterocycles. The molecule has 2 rings (SSSR count). The van der Waals surface area contributed by atoms with Gasteiger partial charge in [-0.25, -0.2) is 4.98 Å². The molecule has 0 bridgehead atoms. The summed E-state index contributed by atoms with van der Waals surface area (Å²) in [4.78, 5) is 19.0. The predicted octanol–water partition coefficient (Wildman–Crippen LogP) is 3.90. The second-order valence-corrected chi connectivity index (χ2v) is 6.77. The third-order valence-corrected chi connectivity index (χ3v) is 4.93. The van der Waals surface area contributed by atoms with Gasteiger partial charge in [-0.3, -0.25) is 4.79 Å². The first-order valence-electron chi connectivity index (χ1n) is 7.91. The van der Waals surface area contributed by atoms with Gasteiger partial charge in [0.1, 0.15) is 11.3 Å². The van der Waals surface area contributed by atoms with Crippen molar-refractivity contribution in [3.05, 3.63) is 29.8 Å². The van der Waals surface area contributed by atoms with Crippen molar-refractivity contribution >= 4 is 28.6 Å². The molecule has 0 radical (unpaired) electrons. The molecular formula is C18H24N2O2S. The number of aryl methyl sites for hydroxylation is 1. The number of hydrogen-bond donors (Lipinski definition) is 0. The van der Waals surface area contributed by atoms with Crippen LogP contribution in [0.15, 0.2) is 29.3 Å². The molecule has 0 spiro atoms. The van der Waals surface area contributed by atoms with E-state index in [1.807, 2.05) is 49.9 Å². The molecule has 1 aromatic carbocycles. The van der Waals surface area contributed by atoms with E-state index in [1.54, 1.807) is 7.11 Å². The summed E-state index contributed by atoms with van der Waals surface area (Å²) in [7, 11) is 1.65. The number of carbonyl (C=O) groups excluding carboxylic acids is 1. The number of methoxy groups -OCH3 is 1. The number of rotatable bonds is 6. The second kappa shape index (κ2) is 7.68. The Hall–Kier alpha value is -1.75. The van der Waals surface area contributed by atoms with Crippen LogP contribution in [-0.2, 0) is 4.79 Å². The lowest BCUT2D eigenvalue weighted by Crippen LogP contribution is -2.36. The Morgan fingerprint density at radius 3 is 2.65 bits per heavy atom. The zero-order valence-electron chi connectivity index (χ0n) is 14.4. The fourth-order valence-electron chi connectivity index (χ4n) is 2.61. The van der Waals surface area contributed by atoms with Crippen molar-refractivity contribution in [1.29, 1.82) is 0 Å². The van der Waals surface area contributed by atoms with Crippen LogP contribution in [-0.4, -0.2) is 41.2 Å². The molecule has 1 aromatic heterocycles. The number of para-hydroxylation sites is 1. The molecule has 5 heteroatoms. The van der Waals surface area contributed by atoms with Crippen LogP contribution in [0.2, 0.25) is 0 Å². The molecule has 0 saturated carbocycles. The number of thioether (sulfide) groups is 1. The SMILES string of the molecule is CCN(CC)C(=O)[C@@H](C)Sc1cc(C)c2cccc(OC)c2n1. The molecule has 0 aliphatic rings. The number of ether oxygens (including phenoxy) is 1. The maximum Gasteiger partial charge on any atom is 0.235 e. The van der Waals surface area contributed by atoms with Gasteiger partial charge in [0.05, 0.1) is 17.4 Å². The monoisotopic (exact) mass is 332 g/mol. The Morgan fingerprint density at radius 1 is 1.35 bits per heavy atom. The minimum absolute atomic E-state index is 0.152. The van der Waals surface area contributed by atoms with Gasteiger partial charge >= 0.3 is 0 Å². The Labute approximate surface area is 142 Å². The van der Waals surface area contributed by atoms with Gasteiger partial charge in [-0.1, -0.05) is 23.9 Å². The number of aromatic nitrogens is 1. The van der Waals surface area contributed by atoms with E-state index >= 15 is 0 Å². The highest BCUT2D eigenvalue weighted by molar-refractivity contribution is 8.00. The van der Waals surface area contributed by atoms with Crippen molar-refractivity contribution < 1.29 is 9.53 Å². The fraction of sp³-hybridized carbons (Fsp3) is 0.444.